The van der Waals surface area contributed by atoms with Crippen molar-refractivity contribution in [3.8, 4) is 0 Å². The fourth-order valence-electron chi connectivity index (χ4n) is 2.84. The summed E-state index contributed by atoms with van der Waals surface area (Å²) < 4.78 is 28.2. The number of nitrogens with one attached hydrogen (secondary N) is 1. The van der Waals surface area contributed by atoms with Gasteiger partial charge in [0.25, 0.3) is 0 Å². The fraction of sp³-hybridized carbons (Fsp3) is 0.444. The Morgan fingerprint density at radius 3 is 2.08 bits per heavy atom. The third-order valence-corrected chi connectivity index (χ3v) is 5.76. The van der Waals surface area contributed by atoms with Crippen molar-refractivity contribution >= 4 is 51.3 Å². The van der Waals surface area contributed by atoms with Gasteiger partial charge in [0, 0.05) is 43.6 Å². The molecule has 0 aromatic heterocycles. The van der Waals surface area contributed by atoms with Crippen LogP contribution in [-0.2, 0) is 10.0 Å². The predicted octanol–water partition coefficient (Wildman–Crippen LogP) is 3.37. The van der Waals surface area contributed by atoms with Crippen LogP contribution < -0.4 is 9.62 Å². The quantitative estimate of drug-likeness (QED) is 0.709. The van der Waals surface area contributed by atoms with Crippen LogP contribution in [0.15, 0.2) is 41.3 Å². The Bertz CT molecular complexity index is 794. The molecule has 0 saturated heterocycles. The molecule has 0 atom stereocenters. The highest BCUT2D eigenvalue weighted by Gasteiger charge is 2.18. The molecule has 0 aliphatic heterocycles. The summed E-state index contributed by atoms with van der Waals surface area (Å²) in [5, 5.41) is 1.69. The van der Waals surface area contributed by atoms with Crippen LogP contribution in [0.1, 0.15) is 13.8 Å². The van der Waals surface area contributed by atoms with E-state index in [9.17, 15) is 8.42 Å². The zero-order valence-electron chi connectivity index (χ0n) is 15.7. The fourth-order valence-corrected chi connectivity index (χ4v) is 4.09. The van der Waals surface area contributed by atoms with Crippen molar-refractivity contribution in [1.29, 1.82) is 0 Å². The highest BCUT2D eigenvalue weighted by atomic mass is 35.5. The summed E-state index contributed by atoms with van der Waals surface area (Å²) in [6, 6.07) is 11.2. The summed E-state index contributed by atoms with van der Waals surface area (Å²) in [5.41, 5.74) is 1.01. The second-order valence-electron chi connectivity index (χ2n) is 5.95. The first-order valence-electron chi connectivity index (χ1n) is 8.31. The van der Waals surface area contributed by atoms with Gasteiger partial charge in [0.05, 0.1) is 4.90 Å². The number of rotatable bonds is 8. The Labute approximate surface area is 169 Å². The number of anilines is 1. The van der Waals surface area contributed by atoms with Crippen LogP contribution in [0.3, 0.4) is 0 Å². The summed E-state index contributed by atoms with van der Waals surface area (Å²) in [6.45, 7) is 7.10. The molecule has 0 saturated carbocycles. The maximum absolute atomic E-state index is 12.7. The smallest absolute Gasteiger partial charge is 0.241 e. The van der Waals surface area contributed by atoms with Gasteiger partial charge in [0.15, 0.2) is 0 Å². The Morgan fingerprint density at radius 1 is 0.923 bits per heavy atom. The third-order valence-electron chi connectivity index (χ3n) is 4.24. The lowest BCUT2D eigenvalue weighted by atomic mass is 10.1. The van der Waals surface area contributed by atoms with Gasteiger partial charge in [-0.15, -0.1) is 24.8 Å². The summed E-state index contributed by atoms with van der Waals surface area (Å²) in [6.07, 6.45) is 0. The molecule has 0 spiro atoms. The van der Waals surface area contributed by atoms with Crippen LogP contribution in [0.4, 0.5) is 5.69 Å². The van der Waals surface area contributed by atoms with E-state index in [4.69, 9.17) is 0 Å². The Hall–Kier alpha value is -1.05. The van der Waals surface area contributed by atoms with Crippen molar-refractivity contribution in [1.82, 2.24) is 9.62 Å². The number of benzene rings is 2. The minimum absolute atomic E-state index is 0. The molecule has 5 nitrogen and oxygen atoms in total. The lowest BCUT2D eigenvalue weighted by Gasteiger charge is -2.19. The van der Waals surface area contributed by atoms with Crippen LogP contribution in [0.2, 0.25) is 0 Å². The molecular weight excluding hydrogens is 393 g/mol. The van der Waals surface area contributed by atoms with Gasteiger partial charge in [0.2, 0.25) is 10.0 Å². The average Bonchev–Trinajstić information content (AvgIpc) is 2.57. The number of nitrogens with zero attached hydrogens (tertiary/aromatic N) is 2. The second kappa shape index (κ2) is 10.9. The van der Waals surface area contributed by atoms with E-state index in [2.05, 4.69) is 23.5 Å². The van der Waals surface area contributed by atoms with Gasteiger partial charge in [0.1, 0.15) is 0 Å². The largest absolute Gasteiger partial charge is 0.377 e. The van der Waals surface area contributed by atoms with E-state index in [1.165, 1.54) is 0 Å². The summed E-state index contributed by atoms with van der Waals surface area (Å²) >= 11 is 0. The predicted molar refractivity (Wildman–Crippen MR) is 116 cm³/mol. The first-order valence-corrected chi connectivity index (χ1v) is 9.80. The van der Waals surface area contributed by atoms with Gasteiger partial charge in [-0.25, -0.2) is 13.1 Å². The second-order valence-corrected chi connectivity index (χ2v) is 7.68. The highest BCUT2D eigenvalue weighted by molar-refractivity contribution is 7.89. The number of hydrogen-bond donors (Lipinski definition) is 1. The SMILES string of the molecule is CCN(CC)CCNS(=O)(=O)c1cccc2c(N(C)C)cccc12.Cl.Cl. The summed E-state index contributed by atoms with van der Waals surface area (Å²) in [4.78, 5) is 4.52. The molecule has 26 heavy (non-hydrogen) atoms. The first-order chi connectivity index (χ1) is 11.4. The molecule has 0 heterocycles. The molecule has 0 unspecified atom stereocenters. The maximum atomic E-state index is 12.7. The van der Waals surface area contributed by atoms with Gasteiger partial charge < -0.3 is 9.80 Å². The molecule has 2 aromatic carbocycles. The van der Waals surface area contributed by atoms with E-state index < -0.39 is 10.0 Å². The van der Waals surface area contributed by atoms with Crippen LogP contribution in [0, 0.1) is 0 Å². The van der Waals surface area contributed by atoms with Crippen LogP contribution in [0.25, 0.3) is 10.8 Å². The summed E-state index contributed by atoms with van der Waals surface area (Å²) in [5.74, 6) is 0. The number of halogens is 2. The van der Waals surface area contributed by atoms with Crippen molar-refractivity contribution in [3.63, 3.8) is 0 Å². The monoisotopic (exact) mass is 421 g/mol. The number of fused-ring (bicyclic) bond motifs is 1. The van der Waals surface area contributed by atoms with Gasteiger partial charge in [-0.1, -0.05) is 38.1 Å². The molecule has 1 N–H and O–H groups in total. The Morgan fingerprint density at radius 2 is 1.50 bits per heavy atom. The number of likely N-dealkylation sites (N-methyl/N-ethyl adjacent to an activating group) is 1. The topological polar surface area (TPSA) is 52.7 Å². The maximum Gasteiger partial charge on any atom is 0.241 e. The number of hydrogen-bond acceptors (Lipinski definition) is 4. The molecule has 148 valence electrons. The van der Waals surface area contributed by atoms with Crippen LogP contribution >= 0.6 is 24.8 Å². The van der Waals surface area contributed by atoms with E-state index in [0.717, 1.165) is 29.5 Å². The molecule has 0 aliphatic rings. The molecule has 2 aromatic rings. The minimum Gasteiger partial charge on any atom is -0.377 e. The van der Waals surface area contributed by atoms with Gasteiger partial charge in [-0.05, 0) is 25.2 Å². The Balaban J connectivity index is 0.00000312. The van der Waals surface area contributed by atoms with E-state index in [1.807, 2.05) is 43.3 Å². The van der Waals surface area contributed by atoms with Crippen molar-refractivity contribution in [2.24, 2.45) is 0 Å². The molecular formula is C18H29Cl2N3O2S. The molecule has 0 amide bonds. The molecule has 0 radical (unpaired) electrons. The highest BCUT2D eigenvalue weighted by Crippen LogP contribution is 2.29. The number of sulfonamides is 1. The van der Waals surface area contributed by atoms with Crippen LogP contribution in [-0.4, -0.2) is 53.6 Å². The molecule has 0 bridgehead atoms. The van der Waals surface area contributed by atoms with Crippen molar-refractivity contribution in [2.75, 3.05) is 45.2 Å². The van der Waals surface area contributed by atoms with Gasteiger partial charge >= 0.3 is 0 Å². The Kier molecular flexibility index (Phi) is 10.5. The van der Waals surface area contributed by atoms with Crippen molar-refractivity contribution < 1.29 is 8.42 Å². The first kappa shape index (κ1) is 24.9. The lowest BCUT2D eigenvalue weighted by Crippen LogP contribution is -2.34. The zero-order valence-corrected chi connectivity index (χ0v) is 18.2. The van der Waals surface area contributed by atoms with E-state index in [1.54, 1.807) is 12.1 Å². The van der Waals surface area contributed by atoms with E-state index in [-0.39, 0.29) is 24.8 Å². The molecule has 8 heteroatoms. The van der Waals surface area contributed by atoms with Gasteiger partial charge in [-0.2, -0.15) is 0 Å². The molecule has 0 fully saturated rings. The van der Waals surface area contributed by atoms with Gasteiger partial charge in [-0.3, -0.25) is 0 Å². The molecule has 0 aliphatic carbocycles. The van der Waals surface area contributed by atoms with Crippen molar-refractivity contribution in [2.45, 2.75) is 18.7 Å². The minimum atomic E-state index is -3.54. The zero-order chi connectivity index (χ0) is 17.7. The third kappa shape index (κ3) is 5.72. The van der Waals surface area contributed by atoms with Crippen molar-refractivity contribution in [3.05, 3.63) is 36.4 Å². The lowest BCUT2D eigenvalue weighted by molar-refractivity contribution is 0.309. The van der Waals surface area contributed by atoms with E-state index >= 15 is 0 Å². The van der Waals surface area contributed by atoms with Crippen LogP contribution in [0.5, 0.6) is 0 Å². The summed E-state index contributed by atoms with van der Waals surface area (Å²) in [7, 11) is 0.377. The average molecular weight is 422 g/mol. The molecule has 2 rings (SSSR count). The van der Waals surface area contributed by atoms with E-state index in [0.29, 0.717) is 18.0 Å². The normalized spacial score (nSPS) is 11.1. The standard InChI is InChI=1S/C18H27N3O2S.2ClH/c1-5-21(6-2)14-13-19-24(22,23)18-12-8-9-15-16(18)10-7-11-17(15)20(3)4;;/h7-12,19H,5-6,13-14H2,1-4H3;2*1H.